The predicted molar refractivity (Wildman–Crippen MR) is 99.1 cm³/mol. The smallest absolute Gasteiger partial charge is 0.191 e. The first-order chi connectivity index (χ1) is 11.1. The van der Waals surface area contributed by atoms with Crippen LogP contribution in [0.1, 0.15) is 43.0 Å². The monoisotopic (exact) mass is 330 g/mol. The molecule has 1 heterocycles. The number of rotatable bonds is 6. The molecule has 0 aliphatic heterocycles. The Morgan fingerprint density at radius 2 is 2.00 bits per heavy atom. The third-order valence-electron chi connectivity index (χ3n) is 4.00. The highest BCUT2D eigenvalue weighted by Gasteiger charge is 2.15. The Morgan fingerprint density at radius 1 is 1.26 bits per heavy atom. The Kier molecular flexibility index (Phi) is 6.59. The number of thiazole rings is 1. The highest BCUT2D eigenvalue weighted by Crippen LogP contribution is 2.18. The van der Waals surface area contributed by atoms with E-state index in [4.69, 9.17) is 0 Å². The molecule has 0 radical (unpaired) electrons. The first-order valence-electron chi connectivity index (χ1n) is 8.09. The van der Waals surface area contributed by atoms with Crippen LogP contribution in [0.3, 0.4) is 0 Å². The van der Waals surface area contributed by atoms with Gasteiger partial charge in [-0.2, -0.15) is 0 Å². The van der Waals surface area contributed by atoms with Gasteiger partial charge >= 0.3 is 0 Å². The SMILES string of the molecule is CCc1nc(CNC(=NC)NC(C)C(C)c2ccccc2)cs1. The van der Waals surface area contributed by atoms with Crippen molar-refractivity contribution in [3.05, 3.63) is 52.0 Å². The molecule has 2 unspecified atom stereocenters. The van der Waals surface area contributed by atoms with Crippen LogP contribution < -0.4 is 10.6 Å². The lowest BCUT2D eigenvalue weighted by Crippen LogP contribution is -2.43. The van der Waals surface area contributed by atoms with Crippen molar-refractivity contribution in [1.29, 1.82) is 0 Å². The van der Waals surface area contributed by atoms with Crippen molar-refractivity contribution in [3.8, 4) is 0 Å². The number of nitrogens with zero attached hydrogens (tertiary/aromatic N) is 2. The maximum atomic E-state index is 4.57. The molecule has 0 amide bonds. The molecule has 2 aromatic rings. The van der Waals surface area contributed by atoms with E-state index in [0.717, 1.165) is 18.1 Å². The molecular formula is C18H26N4S. The van der Waals surface area contributed by atoms with E-state index in [2.05, 4.69) is 71.0 Å². The average Bonchev–Trinajstić information content (AvgIpc) is 3.06. The van der Waals surface area contributed by atoms with Crippen molar-refractivity contribution < 1.29 is 0 Å². The van der Waals surface area contributed by atoms with Crippen LogP contribution >= 0.6 is 11.3 Å². The van der Waals surface area contributed by atoms with Crippen molar-refractivity contribution in [1.82, 2.24) is 15.6 Å². The molecule has 0 saturated heterocycles. The number of aryl methyl sites for hydroxylation is 1. The summed E-state index contributed by atoms with van der Waals surface area (Å²) in [5.74, 6) is 1.21. The Balaban J connectivity index is 1.88. The molecule has 2 N–H and O–H groups in total. The summed E-state index contributed by atoms with van der Waals surface area (Å²) in [5, 5.41) is 10.1. The molecule has 0 saturated carbocycles. The molecule has 5 heteroatoms. The van der Waals surface area contributed by atoms with Gasteiger partial charge in [-0.15, -0.1) is 11.3 Å². The van der Waals surface area contributed by atoms with Crippen LogP contribution in [0.2, 0.25) is 0 Å². The molecule has 1 aromatic heterocycles. The highest BCUT2D eigenvalue weighted by molar-refractivity contribution is 7.09. The van der Waals surface area contributed by atoms with Gasteiger partial charge in [-0.05, 0) is 18.9 Å². The van der Waals surface area contributed by atoms with E-state index < -0.39 is 0 Å². The van der Waals surface area contributed by atoms with Gasteiger partial charge in [-0.3, -0.25) is 4.99 Å². The van der Waals surface area contributed by atoms with E-state index >= 15 is 0 Å². The zero-order chi connectivity index (χ0) is 16.7. The van der Waals surface area contributed by atoms with Gasteiger partial charge in [0.1, 0.15) is 0 Å². The minimum atomic E-state index is 0.283. The summed E-state index contributed by atoms with van der Waals surface area (Å²) in [6.07, 6.45) is 0.989. The first-order valence-corrected chi connectivity index (χ1v) is 8.97. The molecule has 23 heavy (non-hydrogen) atoms. The van der Waals surface area contributed by atoms with E-state index in [1.165, 1.54) is 10.6 Å². The van der Waals surface area contributed by atoms with Gasteiger partial charge in [0.2, 0.25) is 0 Å². The number of guanidine groups is 1. The third kappa shape index (κ3) is 5.06. The normalized spacial score (nSPS) is 14.3. The second-order valence-corrected chi connectivity index (χ2v) is 6.59. The number of hydrogen-bond donors (Lipinski definition) is 2. The lowest BCUT2D eigenvalue weighted by molar-refractivity contribution is 0.550. The maximum Gasteiger partial charge on any atom is 0.191 e. The topological polar surface area (TPSA) is 49.3 Å². The van der Waals surface area contributed by atoms with Crippen LogP contribution in [0.4, 0.5) is 0 Å². The Labute approximate surface area is 143 Å². The average molecular weight is 331 g/mol. The van der Waals surface area contributed by atoms with Gasteiger partial charge in [0.05, 0.1) is 17.2 Å². The Hall–Kier alpha value is -1.88. The predicted octanol–water partition coefficient (Wildman–Crippen LogP) is 3.56. The summed E-state index contributed by atoms with van der Waals surface area (Å²) in [6.45, 7) is 7.24. The van der Waals surface area contributed by atoms with Crippen LogP contribution in [0.25, 0.3) is 0 Å². The van der Waals surface area contributed by atoms with Gasteiger partial charge in [-0.25, -0.2) is 4.98 Å². The summed E-state index contributed by atoms with van der Waals surface area (Å²) in [5.41, 5.74) is 2.40. The van der Waals surface area contributed by atoms with Crippen LogP contribution in [-0.2, 0) is 13.0 Å². The second-order valence-electron chi connectivity index (χ2n) is 5.64. The molecule has 1 aromatic carbocycles. The van der Waals surface area contributed by atoms with Crippen LogP contribution in [0, 0.1) is 0 Å². The summed E-state index contributed by atoms with van der Waals surface area (Å²) in [7, 11) is 1.80. The van der Waals surface area contributed by atoms with Crippen molar-refractivity contribution in [2.75, 3.05) is 7.05 Å². The van der Waals surface area contributed by atoms with Crippen molar-refractivity contribution in [2.45, 2.75) is 45.7 Å². The largest absolute Gasteiger partial charge is 0.353 e. The number of aliphatic imine (C=N–C) groups is 1. The molecule has 4 nitrogen and oxygen atoms in total. The molecule has 0 bridgehead atoms. The Bertz CT molecular complexity index is 621. The molecule has 0 aliphatic carbocycles. The number of aromatic nitrogens is 1. The third-order valence-corrected chi connectivity index (χ3v) is 5.04. The molecule has 2 atom stereocenters. The molecule has 0 aliphatic rings. The van der Waals surface area contributed by atoms with Gasteiger partial charge < -0.3 is 10.6 Å². The zero-order valence-electron chi connectivity index (χ0n) is 14.3. The fraction of sp³-hybridized carbons (Fsp3) is 0.444. The molecule has 0 fully saturated rings. The molecule has 124 valence electrons. The van der Waals surface area contributed by atoms with Crippen molar-refractivity contribution in [3.63, 3.8) is 0 Å². The maximum absolute atomic E-state index is 4.57. The lowest BCUT2D eigenvalue weighted by atomic mass is 9.94. The minimum Gasteiger partial charge on any atom is -0.353 e. The van der Waals surface area contributed by atoms with Crippen molar-refractivity contribution >= 4 is 17.3 Å². The van der Waals surface area contributed by atoms with E-state index in [1.807, 2.05) is 6.07 Å². The van der Waals surface area contributed by atoms with Crippen LogP contribution in [0.15, 0.2) is 40.7 Å². The van der Waals surface area contributed by atoms with E-state index in [9.17, 15) is 0 Å². The number of benzene rings is 1. The van der Waals surface area contributed by atoms with E-state index in [0.29, 0.717) is 12.5 Å². The highest BCUT2D eigenvalue weighted by atomic mass is 32.1. The fourth-order valence-corrected chi connectivity index (χ4v) is 3.09. The summed E-state index contributed by atoms with van der Waals surface area (Å²) in [4.78, 5) is 8.89. The minimum absolute atomic E-state index is 0.283. The van der Waals surface area contributed by atoms with Gasteiger partial charge in [0, 0.05) is 24.4 Å². The summed E-state index contributed by atoms with van der Waals surface area (Å²) in [6, 6.07) is 10.8. The number of nitrogens with one attached hydrogen (secondary N) is 2. The quantitative estimate of drug-likeness (QED) is 0.629. The Morgan fingerprint density at radius 3 is 2.61 bits per heavy atom. The first kappa shape index (κ1) is 17.5. The van der Waals surface area contributed by atoms with Crippen LogP contribution in [-0.4, -0.2) is 24.0 Å². The molecule has 2 rings (SSSR count). The zero-order valence-corrected chi connectivity index (χ0v) is 15.2. The second kappa shape index (κ2) is 8.67. The number of hydrogen-bond acceptors (Lipinski definition) is 3. The van der Waals surface area contributed by atoms with E-state index in [1.54, 1.807) is 18.4 Å². The summed E-state index contributed by atoms with van der Waals surface area (Å²) >= 11 is 1.71. The van der Waals surface area contributed by atoms with Crippen LogP contribution in [0.5, 0.6) is 0 Å². The lowest BCUT2D eigenvalue weighted by Gasteiger charge is -2.23. The fourth-order valence-electron chi connectivity index (χ4n) is 2.35. The molecular weight excluding hydrogens is 304 g/mol. The summed E-state index contributed by atoms with van der Waals surface area (Å²) < 4.78 is 0. The standard InChI is InChI=1S/C18H26N4S/c1-5-17-22-16(12-23-17)11-20-18(19-4)21-14(3)13(2)15-9-7-6-8-10-15/h6-10,12-14H,5,11H2,1-4H3,(H2,19,20,21). The van der Waals surface area contributed by atoms with Crippen molar-refractivity contribution in [2.24, 2.45) is 4.99 Å². The van der Waals surface area contributed by atoms with E-state index in [-0.39, 0.29) is 6.04 Å². The van der Waals surface area contributed by atoms with Gasteiger partial charge in [0.25, 0.3) is 0 Å². The van der Waals surface area contributed by atoms with Gasteiger partial charge in [0.15, 0.2) is 5.96 Å². The molecule has 0 spiro atoms. The van der Waals surface area contributed by atoms with Gasteiger partial charge in [-0.1, -0.05) is 44.2 Å².